The van der Waals surface area contributed by atoms with Crippen molar-refractivity contribution in [3.63, 3.8) is 0 Å². The molecule has 0 spiro atoms. The Kier molecular flexibility index (Phi) is 4.29. The molecule has 5 nitrogen and oxygen atoms in total. The molecule has 0 aromatic heterocycles. The Morgan fingerprint density at radius 2 is 2.06 bits per heavy atom. The van der Waals surface area contributed by atoms with Gasteiger partial charge in [-0.2, -0.15) is 0 Å². The van der Waals surface area contributed by atoms with Gasteiger partial charge in [0.1, 0.15) is 5.41 Å². The third-order valence-corrected chi connectivity index (χ3v) is 2.58. The summed E-state index contributed by atoms with van der Waals surface area (Å²) in [6.45, 7) is 5.55. The fourth-order valence-corrected chi connectivity index (χ4v) is 1.39. The zero-order valence-electron chi connectivity index (χ0n) is 9.78. The van der Waals surface area contributed by atoms with Gasteiger partial charge in [-0.1, -0.05) is 13.8 Å². The van der Waals surface area contributed by atoms with Crippen molar-refractivity contribution in [2.45, 2.75) is 26.7 Å². The maximum Gasteiger partial charge on any atom is 0.319 e. The topological polar surface area (TPSA) is 75.6 Å². The fourth-order valence-electron chi connectivity index (χ4n) is 1.39. The molecule has 16 heavy (non-hydrogen) atoms. The van der Waals surface area contributed by atoms with E-state index in [0.29, 0.717) is 38.5 Å². The summed E-state index contributed by atoms with van der Waals surface area (Å²) in [6.07, 6.45) is 0.891. The van der Waals surface area contributed by atoms with Gasteiger partial charge in [-0.3, -0.25) is 9.59 Å². The van der Waals surface area contributed by atoms with E-state index in [4.69, 9.17) is 9.84 Å². The molecular formula is C11H19NO4. The molecule has 1 rings (SSSR count). The zero-order chi connectivity index (χ0) is 12.2. The van der Waals surface area contributed by atoms with Crippen molar-refractivity contribution in [2.75, 3.05) is 19.8 Å². The van der Waals surface area contributed by atoms with Crippen molar-refractivity contribution in [1.29, 1.82) is 0 Å². The van der Waals surface area contributed by atoms with Gasteiger partial charge >= 0.3 is 5.97 Å². The molecule has 0 atom stereocenters. The van der Waals surface area contributed by atoms with Gasteiger partial charge in [0.15, 0.2) is 0 Å². The summed E-state index contributed by atoms with van der Waals surface area (Å²) < 4.78 is 5.28. The highest BCUT2D eigenvalue weighted by molar-refractivity contribution is 6.04. The van der Waals surface area contributed by atoms with Gasteiger partial charge in [0.2, 0.25) is 5.91 Å². The van der Waals surface area contributed by atoms with Crippen LogP contribution in [-0.2, 0) is 14.3 Å². The van der Waals surface area contributed by atoms with E-state index in [9.17, 15) is 9.59 Å². The molecule has 0 saturated heterocycles. The lowest BCUT2D eigenvalue weighted by molar-refractivity contribution is -0.149. The lowest BCUT2D eigenvalue weighted by Crippen LogP contribution is -2.38. The van der Waals surface area contributed by atoms with E-state index in [1.165, 1.54) is 0 Å². The summed E-state index contributed by atoms with van der Waals surface area (Å²) in [4.78, 5) is 22.3. The molecule has 1 fully saturated rings. The summed E-state index contributed by atoms with van der Waals surface area (Å²) in [5.41, 5.74) is -1.14. The van der Waals surface area contributed by atoms with E-state index >= 15 is 0 Å². The van der Waals surface area contributed by atoms with Gasteiger partial charge < -0.3 is 15.2 Å². The van der Waals surface area contributed by atoms with E-state index in [1.54, 1.807) is 0 Å². The molecule has 0 unspecified atom stereocenters. The van der Waals surface area contributed by atoms with Crippen molar-refractivity contribution < 1.29 is 19.4 Å². The van der Waals surface area contributed by atoms with Crippen LogP contribution in [0.4, 0.5) is 0 Å². The second-order valence-corrected chi connectivity index (χ2v) is 4.61. The molecule has 0 aliphatic heterocycles. The molecule has 0 bridgehead atoms. The molecule has 0 heterocycles. The molecule has 1 aliphatic rings. The first kappa shape index (κ1) is 13.0. The van der Waals surface area contributed by atoms with Crippen molar-refractivity contribution in [3.05, 3.63) is 0 Å². The van der Waals surface area contributed by atoms with Crippen LogP contribution in [-0.4, -0.2) is 36.7 Å². The Labute approximate surface area is 95.2 Å². The first-order chi connectivity index (χ1) is 7.49. The van der Waals surface area contributed by atoms with Gasteiger partial charge in [0.05, 0.1) is 6.61 Å². The maximum atomic E-state index is 11.5. The van der Waals surface area contributed by atoms with Crippen LogP contribution in [0.1, 0.15) is 26.7 Å². The van der Waals surface area contributed by atoms with E-state index in [1.807, 2.05) is 13.8 Å². The third-order valence-electron chi connectivity index (χ3n) is 2.58. The molecule has 0 aromatic rings. The summed E-state index contributed by atoms with van der Waals surface area (Å²) >= 11 is 0. The minimum absolute atomic E-state index is 0.376. The smallest absolute Gasteiger partial charge is 0.319 e. The number of rotatable bonds is 7. The Morgan fingerprint density at radius 1 is 1.44 bits per heavy atom. The Bertz CT molecular complexity index is 271. The Morgan fingerprint density at radius 3 is 2.50 bits per heavy atom. The van der Waals surface area contributed by atoms with Crippen LogP contribution in [0.25, 0.3) is 0 Å². The average Bonchev–Trinajstić information content (AvgIpc) is 2.96. The van der Waals surface area contributed by atoms with E-state index < -0.39 is 11.4 Å². The van der Waals surface area contributed by atoms with Gasteiger partial charge in [-0.05, 0) is 18.8 Å². The predicted octanol–water partition coefficient (Wildman–Crippen LogP) is 0.640. The number of carbonyl (C=O) groups is 2. The molecule has 92 valence electrons. The lowest BCUT2D eigenvalue weighted by atomic mass is 10.1. The second-order valence-electron chi connectivity index (χ2n) is 4.61. The van der Waals surface area contributed by atoms with Gasteiger partial charge in [0, 0.05) is 13.2 Å². The molecule has 2 N–H and O–H groups in total. The number of hydrogen-bond donors (Lipinski definition) is 2. The van der Waals surface area contributed by atoms with Crippen molar-refractivity contribution in [3.8, 4) is 0 Å². The van der Waals surface area contributed by atoms with Crippen molar-refractivity contribution >= 4 is 11.9 Å². The molecular weight excluding hydrogens is 210 g/mol. The Balaban J connectivity index is 2.14. The standard InChI is InChI=1S/C11H19NO4/c1-8(2)7-16-6-5-12-9(13)11(3-4-11)10(14)15/h8H,3-7H2,1-2H3,(H,12,13)(H,14,15). The highest BCUT2D eigenvalue weighted by Crippen LogP contribution is 2.45. The van der Waals surface area contributed by atoms with E-state index in [0.717, 1.165) is 0 Å². The average molecular weight is 229 g/mol. The highest BCUT2D eigenvalue weighted by Gasteiger charge is 2.56. The van der Waals surface area contributed by atoms with Crippen LogP contribution in [0.5, 0.6) is 0 Å². The van der Waals surface area contributed by atoms with Crippen LogP contribution in [0.3, 0.4) is 0 Å². The summed E-state index contributed by atoms with van der Waals surface area (Å²) in [7, 11) is 0. The number of nitrogens with one attached hydrogen (secondary N) is 1. The molecule has 5 heteroatoms. The predicted molar refractivity (Wildman–Crippen MR) is 58.0 cm³/mol. The number of amides is 1. The SMILES string of the molecule is CC(C)COCCNC(=O)C1(C(=O)O)CC1. The largest absolute Gasteiger partial charge is 0.480 e. The lowest BCUT2D eigenvalue weighted by Gasteiger charge is -2.11. The van der Waals surface area contributed by atoms with Gasteiger partial charge in [-0.15, -0.1) is 0 Å². The van der Waals surface area contributed by atoms with E-state index in [2.05, 4.69) is 5.32 Å². The molecule has 1 aliphatic carbocycles. The minimum atomic E-state index is -1.14. The monoisotopic (exact) mass is 229 g/mol. The first-order valence-corrected chi connectivity index (χ1v) is 5.58. The Hall–Kier alpha value is -1.10. The van der Waals surface area contributed by atoms with Crippen LogP contribution < -0.4 is 5.32 Å². The summed E-state index contributed by atoms with van der Waals surface area (Å²) in [5, 5.41) is 11.5. The van der Waals surface area contributed by atoms with Crippen molar-refractivity contribution in [1.82, 2.24) is 5.32 Å². The van der Waals surface area contributed by atoms with E-state index in [-0.39, 0.29) is 5.91 Å². The number of carbonyl (C=O) groups excluding carboxylic acids is 1. The second kappa shape index (κ2) is 5.30. The van der Waals surface area contributed by atoms with Gasteiger partial charge in [-0.25, -0.2) is 0 Å². The molecule has 0 aromatic carbocycles. The normalized spacial score (nSPS) is 17.2. The number of carboxylic acid groups (broad SMARTS) is 1. The number of hydrogen-bond acceptors (Lipinski definition) is 3. The van der Waals surface area contributed by atoms with Crippen LogP contribution in [0.15, 0.2) is 0 Å². The van der Waals surface area contributed by atoms with Crippen LogP contribution in [0, 0.1) is 11.3 Å². The summed E-state index contributed by atoms with van der Waals surface area (Å²) in [5.74, 6) is -0.939. The zero-order valence-corrected chi connectivity index (χ0v) is 9.78. The van der Waals surface area contributed by atoms with Crippen LogP contribution in [0.2, 0.25) is 0 Å². The van der Waals surface area contributed by atoms with Crippen LogP contribution >= 0.6 is 0 Å². The number of carboxylic acids is 1. The first-order valence-electron chi connectivity index (χ1n) is 5.58. The summed E-state index contributed by atoms with van der Waals surface area (Å²) in [6, 6.07) is 0. The molecule has 1 amide bonds. The van der Waals surface area contributed by atoms with Gasteiger partial charge in [0.25, 0.3) is 0 Å². The molecule has 0 radical (unpaired) electrons. The minimum Gasteiger partial charge on any atom is -0.480 e. The quantitative estimate of drug-likeness (QED) is 0.496. The maximum absolute atomic E-state index is 11.5. The fraction of sp³-hybridized carbons (Fsp3) is 0.818. The molecule has 1 saturated carbocycles. The number of aliphatic carboxylic acids is 1. The number of ether oxygens (including phenoxy) is 1. The third kappa shape index (κ3) is 3.20. The highest BCUT2D eigenvalue weighted by atomic mass is 16.5. The van der Waals surface area contributed by atoms with Crippen molar-refractivity contribution in [2.24, 2.45) is 11.3 Å².